The van der Waals surface area contributed by atoms with Crippen LogP contribution in [-0.4, -0.2) is 8.42 Å². The summed E-state index contributed by atoms with van der Waals surface area (Å²) in [5.74, 6) is 0. The Morgan fingerprint density at radius 2 is 1.25 bits per heavy atom. The molecule has 0 heterocycles. The predicted molar refractivity (Wildman–Crippen MR) is 98.7 cm³/mol. The lowest BCUT2D eigenvalue weighted by Crippen LogP contribution is -2.11. The molecule has 0 saturated carbocycles. The van der Waals surface area contributed by atoms with Crippen LogP contribution in [0.4, 0.5) is 0 Å². The van der Waals surface area contributed by atoms with Gasteiger partial charge in [-0.3, -0.25) is 0 Å². The van der Waals surface area contributed by atoms with Gasteiger partial charge >= 0.3 is 0 Å². The SMILES string of the molecule is NS(=O)(=O)c1ccc(-c2ccccc2-c2ccc(Cl)c(Cl)c2)cc1. The van der Waals surface area contributed by atoms with Crippen molar-refractivity contribution in [3.8, 4) is 22.3 Å². The fraction of sp³-hybridized carbons (Fsp3) is 0. The number of hydrogen-bond acceptors (Lipinski definition) is 2. The molecule has 24 heavy (non-hydrogen) atoms. The highest BCUT2D eigenvalue weighted by atomic mass is 35.5. The van der Waals surface area contributed by atoms with Crippen molar-refractivity contribution >= 4 is 33.2 Å². The number of nitrogens with two attached hydrogens (primary N) is 1. The van der Waals surface area contributed by atoms with E-state index in [0.717, 1.165) is 22.3 Å². The largest absolute Gasteiger partial charge is 0.238 e. The summed E-state index contributed by atoms with van der Waals surface area (Å²) in [5.41, 5.74) is 3.73. The van der Waals surface area contributed by atoms with Crippen molar-refractivity contribution in [3.05, 3.63) is 76.8 Å². The monoisotopic (exact) mass is 377 g/mol. The third-order valence-corrected chi connectivity index (χ3v) is 5.32. The van der Waals surface area contributed by atoms with E-state index in [1.165, 1.54) is 12.1 Å². The molecular formula is C18H13Cl2NO2S. The first-order chi connectivity index (χ1) is 11.4. The molecule has 3 aromatic rings. The minimum atomic E-state index is -3.71. The van der Waals surface area contributed by atoms with Crippen LogP contribution in [0.5, 0.6) is 0 Å². The molecule has 3 aromatic carbocycles. The smallest absolute Gasteiger partial charge is 0.225 e. The van der Waals surface area contributed by atoms with Crippen LogP contribution in [0.15, 0.2) is 71.6 Å². The molecule has 3 rings (SSSR count). The third kappa shape index (κ3) is 3.47. The van der Waals surface area contributed by atoms with Crippen molar-refractivity contribution in [3.63, 3.8) is 0 Å². The van der Waals surface area contributed by atoms with E-state index in [1.807, 2.05) is 30.3 Å². The number of rotatable bonds is 3. The normalized spacial score (nSPS) is 11.5. The Morgan fingerprint density at radius 3 is 1.79 bits per heavy atom. The molecule has 0 amide bonds. The standard InChI is InChI=1S/C18H13Cl2NO2S/c19-17-10-7-13(11-18(17)20)16-4-2-1-3-15(16)12-5-8-14(9-6-12)24(21,22)23/h1-11H,(H2,21,22,23). The molecule has 2 N–H and O–H groups in total. The number of primary sulfonamides is 1. The molecule has 0 saturated heterocycles. The lowest BCUT2D eigenvalue weighted by Gasteiger charge is -2.11. The molecule has 0 unspecified atom stereocenters. The molecule has 0 aliphatic rings. The summed E-state index contributed by atoms with van der Waals surface area (Å²) in [4.78, 5) is 0.0817. The minimum Gasteiger partial charge on any atom is -0.225 e. The van der Waals surface area contributed by atoms with E-state index in [1.54, 1.807) is 24.3 Å². The van der Waals surface area contributed by atoms with Crippen LogP contribution in [-0.2, 0) is 10.0 Å². The van der Waals surface area contributed by atoms with Crippen molar-refractivity contribution in [2.24, 2.45) is 5.14 Å². The van der Waals surface area contributed by atoms with Gasteiger partial charge in [0, 0.05) is 0 Å². The van der Waals surface area contributed by atoms with Crippen LogP contribution in [0.2, 0.25) is 10.0 Å². The van der Waals surface area contributed by atoms with Gasteiger partial charge in [-0.15, -0.1) is 0 Å². The number of hydrogen-bond donors (Lipinski definition) is 1. The van der Waals surface area contributed by atoms with Crippen LogP contribution < -0.4 is 5.14 Å². The van der Waals surface area contributed by atoms with Crippen molar-refractivity contribution in [1.29, 1.82) is 0 Å². The molecule has 6 heteroatoms. The summed E-state index contributed by atoms with van der Waals surface area (Å²) in [6.45, 7) is 0. The van der Waals surface area contributed by atoms with Crippen LogP contribution in [0.1, 0.15) is 0 Å². The maximum atomic E-state index is 11.4. The molecular weight excluding hydrogens is 365 g/mol. The van der Waals surface area contributed by atoms with Crippen molar-refractivity contribution in [2.75, 3.05) is 0 Å². The van der Waals surface area contributed by atoms with Gasteiger partial charge in [0.25, 0.3) is 0 Å². The summed E-state index contributed by atoms with van der Waals surface area (Å²) in [7, 11) is -3.71. The molecule has 122 valence electrons. The van der Waals surface area contributed by atoms with Gasteiger partial charge in [0.15, 0.2) is 0 Å². The average molecular weight is 378 g/mol. The van der Waals surface area contributed by atoms with Gasteiger partial charge in [-0.05, 0) is 46.5 Å². The van der Waals surface area contributed by atoms with Gasteiger partial charge in [0.05, 0.1) is 14.9 Å². The molecule has 0 aliphatic carbocycles. The van der Waals surface area contributed by atoms with E-state index in [9.17, 15) is 8.42 Å². The molecule has 0 aliphatic heterocycles. The molecule has 0 spiro atoms. The molecule has 0 bridgehead atoms. The molecule has 0 aromatic heterocycles. The highest BCUT2D eigenvalue weighted by Crippen LogP contribution is 2.35. The van der Waals surface area contributed by atoms with Gasteiger partial charge in [-0.25, -0.2) is 13.6 Å². The Bertz CT molecular complexity index is 1000. The average Bonchev–Trinajstić information content (AvgIpc) is 2.57. The van der Waals surface area contributed by atoms with Crippen molar-refractivity contribution in [2.45, 2.75) is 4.90 Å². The van der Waals surface area contributed by atoms with E-state index in [4.69, 9.17) is 28.3 Å². The quantitative estimate of drug-likeness (QED) is 0.699. The van der Waals surface area contributed by atoms with Gasteiger partial charge < -0.3 is 0 Å². The van der Waals surface area contributed by atoms with E-state index >= 15 is 0 Å². The fourth-order valence-corrected chi connectivity index (χ4v) is 3.29. The Hall–Kier alpha value is -1.85. The van der Waals surface area contributed by atoms with Crippen molar-refractivity contribution < 1.29 is 8.42 Å². The first-order valence-electron chi connectivity index (χ1n) is 7.04. The second-order valence-electron chi connectivity index (χ2n) is 5.24. The van der Waals surface area contributed by atoms with Gasteiger partial charge in [0.1, 0.15) is 0 Å². The van der Waals surface area contributed by atoms with Crippen LogP contribution in [0.25, 0.3) is 22.3 Å². The molecule has 0 atom stereocenters. The second kappa shape index (κ2) is 6.57. The zero-order chi connectivity index (χ0) is 17.3. The second-order valence-corrected chi connectivity index (χ2v) is 7.62. The van der Waals surface area contributed by atoms with E-state index in [2.05, 4.69) is 0 Å². The first-order valence-corrected chi connectivity index (χ1v) is 9.34. The topological polar surface area (TPSA) is 60.2 Å². The first kappa shape index (κ1) is 17.0. The number of sulfonamides is 1. The summed E-state index contributed by atoms with van der Waals surface area (Å²) >= 11 is 12.1. The highest BCUT2D eigenvalue weighted by Gasteiger charge is 2.11. The fourth-order valence-electron chi connectivity index (χ4n) is 2.47. The van der Waals surface area contributed by atoms with Crippen LogP contribution >= 0.6 is 23.2 Å². The van der Waals surface area contributed by atoms with Gasteiger partial charge in [-0.2, -0.15) is 0 Å². The Balaban J connectivity index is 2.11. The lowest BCUT2D eigenvalue weighted by molar-refractivity contribution is 0.598. The van der Waals surface area contributed by atoms with E-state index < -0.39 is 10.0 Å². The summed E-state index contributed by atoms with van der Waals surface area (Å²) in [6, 6.07) is 19.7. The van der Waals surface area contributed by atoms with E-state index in [-0.39, 0.29) is 4.90 Å². The Kier molecular flexibility index (Phi) is 4.65. The molecule has 0 radical (unpaired) electrons. The third-order valence-electron chi connectivity index (χ3n) is 3.65. The Morgan fingerprint density at radius 1 is 0.708 bits per heavy atom. The lowest BCUT2D eigenvalue weighted by atomic mass is 9.95. The van der Waals surface area contributed by atoms with Gasteiger partial charge in [-0.1, -0.05) is 65.7 Å². The maximum absolute atomic E-state index is 11.4. The summed E-state index contributed by atoms with van der Waals surface area (Å²) < 4.78 is 22.8. The maximum Gasteiger partial charge on any atom is 0.238 e. The molecule has 0 fully saturated rings. The van der Waals surface area contributed by atoms with E-state index in [0.29, 0.717) is 10.0 Å². The number of halogens is 2. The summed E-state index contributed by atoms with van der Waals surface area (Å²) in [5, 5.41) is 6.12. The zero-order valence-electron chi connectivity index (χ0n) is 12.4. The predicted octanol–water partition coefficient (Wildman–Crippen LogP) is 4.97. The molecule has 3 nitrogen and oxygen atoms in total. The number of benzene rings is 3. The highest BCUT2D eigenvalue weighted by molar-refractivity contribution is 7.89. The minimum absolute atomic E-state index is 0.0817. The van der Waals surface area contributed by atoms with Gasteiger partial charge in [0.2, 0.25) is 10.0 Å². The zero-order valence-corrected chi connectivity index (χ0v) is 14.7. The Labute approximate surface area is 150 Å². The van der Waals surface area contributed by atoms with Crippen LogP contribution in [0.3, 0.4) is 0 Å². The van der Waals surface area contributed by atoms with Crippen molar-refractivity contribution in [1.82, 2.24) is 0 Å². The summed E-state index contributed by atoms with van der Waals surface area (Å²) in [6.07, 6.45) is 0. The van der Waals surface area contributed by atoms with Crippen LogP contribution in [0, 0.1) is 0 Å².